The molecule has 2 N–H and O–H groups in total. The van der Waals surface area contributed by atoms with E-state index in [0.29, 0.717) is 18.6 Å². The van der Waals surface area contributed by atoms with Crippen molar-refractivity contribution in [3.8, 4) is 11.5 Å². The first-order valence-electron chi connectivity index (χ1n) is 7.71. The van der Waals surface area contributed by atoms with Gasteiger partial charge in [0.25, 0.3) is 0 Å². The third-order valence-electron chi connectivity index (χ3n) is 5.14. The van der Waals surface area contributed by atoms with E-state index in [1.54, 1.807) is 0 Å². The summed E-state index contributed by atoms with van der Waals surface area (Å²) in [6, 6.07) is 4.34. The van der Waals surface area contributed by atoms with E-state index in [4.69, 9.17) is 9.47 Å². The standard InChI is InChI=1S/C17H20O6/c1-9(8-18)12-4-5-13(16(21)22-2)17(12)15(20)11-7-10(19)3-6-14(11)23-17/h3,6-7,9,12-13,18-19H,4-5,8H2,1-2H3/t9-,12-,13-,17-/m1/s1. The summed E-state index contributed by atoms with van der Waals surface area (Å²) in [6.07, 6.45) is 1.06. The van der Waals surface area contributed by atoms with Crippen molar-refractivity contribution < 1.29 is 29.3 Å². The van der Waals surface area contributed by atoms with Gasteiger partial charge in [-0.2, -0.15) is 0 Å². The van der Waals surface area contributed by atoms with Gasteiger partial charge in [0.15, 0.2) is 5.60 Å². The molecule has 0 unspecified atom stereocenters. The SMILES string of the molecule is COC(=O)[C@H]1CC[C@H]([C@H](C)CO)[C@@]12Oc1ccc(O)cc1C2=O. The second-order valence-corrected chi connectivity index (χ2v) is 6.32. The highest BCUT2D eigenvalue weighted by atomic mass is 16.5. The summed E-state index contributed by atoms with van der Waals surface area (Å²) in [5.74, 6) is -1.68. The van der Waals surface area contributed by atoms with Gasteiger partial charge in [-0.05, 0) is 37.0 Å². The predicted octanol–water partition coefficient (Wildman–Crippen LogP) is 1.53. The summed E-state index contributed by atoms with van der Waals surface area (Å²) in [5.41, 5.74) is -1.08. The fourth-order valence-electron chi connectivity index (χ4n) is 4.00. The summed E-state index contributed by atoms with van der Waals surface area (Å²) in [5, 5.41) is 19.2. The topological polar surface area (TPSA) is 93.1 Å². The molecule has 0 radical (unpaired) electrons. The summed E-state index contributed by atoms with van der Waals surface area (Å²) in [4.78, 5) is 25.3. The minimum Gasteiger partial charge on any atom is -0.508 e. The number of Topliss-reactive ketones (excluding diaryl/α,β-unsaturated/α-hetero) is 1. The van der Waals surface area contributed by atoms with Gasteiger partial charge in [0.05, 0.1) is 12.7 Å². The molecule has 0 amide bonds. The molecule has 0 bridgehead atoms. The second kappa shape index (κ2) is 5.53. The number of esters is 1. The lowest BCUT2D eigenvalue weighted by Gasteiger charge is -2.35. The summed E-state index contributed by atoms with van der Waals surface area (Å²) in [6.45, 7) is 1.74. The van der Waals surface area contributed by atoms with Gasteiger partial charge in [-0.25, -0.2) is 0 Å². The highest BCUT2D eigenvalue weighted by Crippen LogP contribution is 2.54. The number of hydrogen-bond donors (Lipinski definition) is 2. The van der Waals surface area contributed by atoms with E-state index >= 15 is 0 Å². The van der Waals surface area contributed by atoms with Gasteiger partial charge in [0.2, 0.25) is 5.78 Å². The quantitative estimate of drug-likeness (QED) is 0.821. The number of carbonyl (C=O) groups excluding carboxylic acids is 2. The Bertz CT molecular complexity index is 654. The smallest absolute Gasteiger partial charge is 0.313 e. The van der Waals surface area contributed by atoms with Crippen molar-refractivity contribution >= 4 is 11.8 Å². The molecular weight excluding hydrogens is 300 g/mol. The number of ketones is 1. The molecule has 2 aliphatic rings. The molecule has 1 fully saturated rings. The molecule has 1 aromatic carbocycles. The van der Waals surface area contributed by atoms with Crippen LogP contribution in [0.1, 0.15) is 30.1 Å². The number of ether oxygens (including phenoxy) is 2. The zero-order chi connectivity index (χ0) is 16.8. The lowest BCUT2D eigenvalue weighted by atomic mass is 9.74. The first-order chi connectivity index (χ1) is 11.0. The van der Waals surface area contributed by atoms with Crippen molar-refractivity contribution in [1.82, 2.24) is 0 Å². The number of aliphatic hydroxyl groups excluding tert-OH is 1. The lowest BCUT2D eigenvalue weighted by Crippen LogP contribution is -2.54. The highest BCUT2D eigenvalue weighted by Gasteiger charge is 2.65. The van der Waals surface area contributed by atoms with Crippen LogP contribution >= 0.6 is 0 Å². The van der Waals surface area contributed by atoms with Gasteiger partial charge in [-0.1, -0.05) is 6.92 Å². The monoisotopic (exact) mass is 320 g/mol. The summed E-state index contributed by atoms with van der Waals surface area (Å²) < 4.78 is 10.9. The number of fused-ring (bicyclic) bond motifs is 1. The molecule has 23 heavy (non-hydrogen) atoms. The Morgan fingerprint density at radius 1 is 1.48 bits per heavy atom. The minimum atomic E-state index is -1.36. The van der Waals surface area contributed by atoms with Gasteiger partial charge in [0, 0.05) is 12.5 Å². The molecule has 1 spiro atoms. The Morgan fingerprint density at radius 2 is 2.22 bits per heavy atom. The van der Waals surface area contributed by atoms with Crippen molar-refractivity contribution in [1.29, 1.82) is 0 Å². The number of phenolic OH excluding ortho intramolecular Hbond substituents is 1. The number of phenols is 1. The maximum Gasteiger partial charge on any atom is 0.313 e. The number of hydrogen-bond acceptors (Lipinski definition) is 6. The van der Waals surface area contributed by atoms with Crippen LogP contribution in [0.3, 0.4) is 0 Å². The fourth-order valence-corrected chi connectivity index (χ4v) is 4.00. The van der Waals surface area contributed by atoms with Crippen molar-refractivity contribution in [3.05, 3.63) is 23.8 Å². The largest absolute Gasteiger partial charge is 0.508 e. The second-order valence-electron chi connectivity index (χ2n) is 6.32. The Kier molecular flexibility index (Phi) is 3.80. The van der Waals surface area contributed by atoms with Crippen molar-refractivity contribution in [2.45, 2.75) is 25.4 Å². The van der Waals surface area contributed by atoms with Crippen molar-refractivity contribution in [2.75, 3.05) is 13.7 Å². The average molecular weight is 320 g/mol. The molecule has 1 aromatic rings. The molecule has 3 rings (SSSR count). The maximum atomic E-state index is 13.1. The number of aromatic hydroxyl groups is 1. The van der Waals surface area contributed by atoms with Crippen LogP contribution in [0.25, 0.3) is 0 Å². The van der Waals surface area contributed by atoms with E-state index in [2.05, 4.69) is 0 Å². The number of benzene rings is 1. The van der Waals surface area contributed by atoms with Gasteiger partial charge in [-0.3, -0.25) is 9.59 Å². The zero-order valence-electron chi connectivity index (χ0n) is 13.1. The molecule has 6 nitrogen and oxygen atoms in total. The number of methoxy groups -OCH3 is 1. The van der Waals surface area contributed by atoms with Crippen LogP contribution in [0.4, 0.5) is 0 Å². The normalized spacial score (nSPS) is 30.1. The van der Waals surface area contributed by atoms with Crippen LogP contribution in [0.5, 0.6) is 11.5 Å². The van der Waals surface area contributed by atoms with Crippen LogP contribution in [0.15, 0.2) is 18.2 Å². The van der Waals surface area contributed by atoms with Gasteiger partial charge in [-0.15, -0.1) is 0 Å². The van der Waals surface area contributed by atoms with Crippen molar-refractivity contribution in [2.24, 2.45) is 17.8 Å². The van der Waals surface area contributed by atoms with Crippen LogP contribution < -0.4 is 4.74 Å². The molecule has 1 aliphatic carbocycles. The van der Waals surface area contributed by atoms with E-state index in [9.17, 15) is 19.8 Å². The Hall–Kier alpha value is -2.08. The zero-order valence-corrected chi connectivity index (χ0v) is 13.1. The Labute approximate surface area is 134 Å². The number of rotatable bonds is 3. The molecule has 1 aliphatic heterocycles. The molecule has 6 heteroatoms. The molecular formula is C17H20O6. The van der Waals surface area contributed by atoms with Crippen molar-refractivity contribution in [3.63, 3.8) is 0 Å². The number of carbonyl (C=O) groups is 2. The molecule has 0 aromatic heterocycles. The Balaban J connectivity index is 2.11. The van der Waals surface area contributed by atoms with E-state index in [-0.39, 0.29) is 35.5 Å². The predicted molar refractivity (Wildman–Crippen MR) is 80.3 cm³/mol. The molecule has 1 heterocycles. The molecule has 0 saturated heterocycles. The van der Waals surface area contributed by atoms with Crippen LogP contribution in [0, 0.1) is 17.8 Å². The van der Waals surface area contributed by atoms with E-state index in [0.717, 1.165) is 0 Å². The van der Waals surface area contributed by atoms with Gasteiger partial charge < -0.3 is 19.7 Å². The molecule has 124 valence electrons. The van der Waals surface area contributed by atoms with Crippen LogP contribution in [-0.2, 0) is 9.53 Å². The molecule has 1 saturated carbocycles. The number of aliphatic hydroxyl groups is 1. The van der Waals surface area contributed by atoms with E-state index < -0.39 is 17.5 Å². The van der Waals surface area contributed by atoms with E-state index in [1.165, 1.54) is 25.3 Å². The first kappa shape index (κ1) is 15.8. The van der Waals surface area contributed by atoms with E-state index in [1.807, 2.05) is 6.92 Å². The van der Waals surface area contributed by atoms with Gasteiger partial charge in [0.1, 0.15) is 17.4 Å². The maximum absolute atomic E-state index is 13.1. The lowest BCUT2D eigenvalue weighted by molar-refractivity contribution is -0.151. The average Bonchev–Trinajstić information content (AvgIpc) is 3.06. The fraction of sp³-hybridized carbons (Fsp3) is 0.529. The van der Waals surface area contributed by atoms with Crippen LogP contribution in [0.2, 0.25) is 0 Å². The third-order valence-corrected chi connectivity index (χ3v) is 5.14. The molecule has 4 atom stereocenters. The first-order valence-corrected chi connectivity index (χ1v) is 7.71. The highest BCUT2D eigenvalue weighted by molar-refractivity contribution is 6.10. The summed E-state index contributed by atoms with van der Waals surface area (Å²) in [7, 11) is 1.29. The van der Waals surface area contributed by atoms with Gasteiger partial charge >= 0.3 is 5.97 Å². The van der Waals surface area contributed by atoms with Crippen LogP contribution in [-0.4, -0.2) is 41.3 Å². The third kappa shape index (κ3) is 2.12. The minimum absolute atomic E-state index is 0.0304. The summed E-state index contributed by atoms with van der Waals surface area (Å²) >= 11 is 0. The Morgan fingerprint density at radius 3 is 2.87 bits per heavy atom.